The number of nitrogens with two attached hydrogens (primary N) is 1. The lowest BCUT2D eigenvalue weighted by atomic mass is 9.95. The molecule has 1 aromatic rings. The number of carbonyl (C=O) groups is 1. The molecular weight excluding hydrogens is 303 g/mol. The minimum atomic E-state index is -0.725. The smallest absolute Gasteiger partial charge is 0.237 e. The van der Waals surface area contributed by atoms with Gasteiger partial charge in [-0.1, -0.05) is 30.1 Å². The standard InChI is InChI=1S/C13H18Cl2N2OS/c1-8(7-13(2,17-3)12(16)18)19-11-6-9(14)4-5-10(11)15/h4-6,8,17H,7H2,1-3H3,(H2,16,18). The third kappa shape index (κ3) is 4.56. The third-order valence-corrected chi connectivity index (χ3v) is 4.85. The number of carbonyl (C=O) groups excluding carboxylic acids is 1. The van der Waals surface area contributed by atoms with Crippen LogP contribution < -0.4 is 11.1 Å². The maximum atomic E-state index is 11.5. The molecule has 3 N–H and O–H groups in total. The van der Waals surface area contributed by atoms with E-state index >= 15 is 0 Å². The molecule has 0 heterocycles. The molecule has 0 saturated heterocycles. The second-order valence-electron chi connectivity index (χ2n) is 4.65. The molecule has 2 atom stereocenters. The minimum absolute atomic E-state index is 0.168. The van der Waals surface area contributed by atoms with Crippen LogP contribution in [0, 0.1) is 0 Å². The van der Waals surface area contributed by atoms with Crippen molar-refractivity contribution >= 4 is 40.9 Å². The molecular formula is C13H18Cl2N2OS. The fourth-order valence-corrected chi connectivity index (χ4v) is 3.44. The summed E-state index contributed by atoms with van der Waals surface area (Å²) in [6, 6.07) is 5.34. The minimum Gasteiger partial charge on any atom is -0.368 e. The van der Waals surface area contributed by atoms with Gasteiger partial charge in [-0.25, -0.2) is 0 Å². The Hall–Kier alpha value is -0.420. The molecule has 0 aromatic heterocycles. The summed E-state index contributed by atoms with van der Waals surface area (Å²) in [6.45, 7) is 3.83. The number of nitrogens with one attached hydrogen (secondary N) is 1. The summed E-state index contributed by atoms with van der Waals surface area (Å²) in [6.07, 6.45) is 0.604. The Morgan fingerprint density at radius 1 is 1.53 bits per heavy atom. The van der Waals surface area contributed by atoms with Crippen molar-refractivity contribution in [1.29, 1.82) is 0 Å². The van der Waals surface area contributed by atoms with Gasteiger partial charge in [0, 0.05) is 15.2 Å². The van der Waals surface area contributed by atoms with Gasteiger partial charge in [0.05, 0.1) is 10.6 Å². The number of hydrogen-bond donors (Lipinski definition) is 2. The van der Waals surface area contributed by atoms with Gasteiger partial charge in [-0.3, -0.25) is 4.79 Å². The van der Waals surface area contributed by atoms with Crippen molar-refractivity contribution in [3.63, 3.8) is 0 Å². The number of amides is 1. The zero-order chi connectivity index (χ0) is 14.6. The molecule has 0 bridgehead atoms. The van der Waals surface area contributed by atoms with Crippen LogP contribution in [0.3, 0.4) is 0 Å². The summed E-state index contributed by atoms with van der Waals surface area (Å²) in [7, 11) is 1.73. The summed E-state index contributed by atoms with van der Waals surface area (Å²) in [5.74, 6) is -0.361. The molecule has 0 aliphatic carbocycles. The van der Waals surface area contributed by atoms with Gasteiger partial charge in [-0.05, 0) is 38.6 Å². The van der Waals surface area contributed by atoms with Gasteiger partial charge in [0.15, 0.2) is 0 Å². The first-order chi connectivity index (χ1) is 8.78. The van der Waals surface area contributed by atoms with Crippen LogP contribution in [0.1, 0.15) is 20.3 Å². The lowest BCUT2D eigenvalue weighted by Gasteiger charge is -2.28. The Morgan fingerprint density at radius 2 is 2.16 bits per heavy atom. The average Bonchev–Trinajstić information content (AvgIpc) is 2.33. The number of halogens is 2. The molecule has 0 fully saturated rings. The molecule has 1 amide bonds. The second kappa shape index (κ2) is 6.84. The Morgan fingerprint density at radius 3 is 2.68 bits per heavy atom. The molecule has 1 aromatic carbocycles. The second-order valence-corrected chi connectivity index (χ2v) is 6.98. The molecule has 106 valence electrons. The number of hydrogen-bond acceptors (Lipinski definition) is 3. The lowest BCUT2D eigenvalue weighted by Crippen LogP contribution is -2.52. The quantitative estimate of drug-likeness (QED) is 0.790. The van der Waals surface area contributed by atoms with Crippen molar-refractivity contribution in [3.8, 4) is 0 Å². The van der Waals surface area contributed by atoms with Gasteiger partial charge in [-0.2, -0.15) is 0 Å². The van der Waals surface area contributed by atoms with E-state index in [9.17, 15) is 4.79 Å². The van der Waals surface area contributed by atoms with Gasteiger partial charge in [0.25, 0.3) is 0 Å². The molecule has 1 rings (SSSR count). The van der Waals surface area contributed by atoms with Crippen molar-refractivity contribution in [2.75, 3.05) is 7.05 Å². The third-order valence-electron chi connectivity index (χ3n) is 3.01. The molecule has 0 aliphatic rings. The molecule has 0 aliphatic heterocycles. The van der Waals surface area contributed by atoms with E-state index < -0.39 is 5.54 Å². The Bertz CT molecular complexity index is 470. The van der Waals surface area contributed by atoms with Crippen molar-refractivity contribution in [3.05, 3.63) is 28.2 Å². The van der Waals surface area contributed by atoms with Gasteiger partial charge in [0.2, 0.25) is 5.91 Å². The van der Waals surface area contributed by atoms with E-state index in [0.29, 0.717) is 16.5 Å². The van der Waals surface area contributed by atoms with E-state index in [2.05, 4.69) is 5.32 Å². The van der Waals surface area contributed by atoms with Gasteiger partial charge >= 0.3 is 0 Å². The zero-order valence-corrected chi connectivity index (χ0v) is 13.5. The summed E-state index contributed by atoms with van der Waals surface area (Å²) >= 11 is 13.7. The largest absolute Gasteiger partial charge is 0.368 e. The summed E-state index contributed by atoms with van der Waals surface area (Å²) in [5.41, 5.74) is 4.69. The molecule has 0 radical (unpaired) electrons. The van der Waals surface area contributed by atoms with Crippen LogP contribution in [0.5, 0.6) is 0 Å². The highest BCUT2D eigenvalue weighted by molar-refractivity contribution is 8.00. The first-order valence-electron chi connectivity index (χ1n) is 5.89. The molecule has 2 unspecified atom stereocenters. The van der Waals surface area contributed by atoms with Gasteiger partial charge in [-0.15, -0.1) is 11.8 Å². The van der Waals surface area contributed by atoms with Crippen molar-refractivity contribution in [2.24, 2.45) is 5.73 Å². The number of primary amides is 1. The molecule has 19 heavy (non-hydrogen) atoms. The SMILES string of the molecule is CNC(C)(CC(C)Sc1cc(Cl)ccc1Cl)C(N)=O. The van der Waals surface area contributed by atoms with Crippen LogP contribution in [-0.2, 0) is 4.79 Å². The lowest BCUT2D eigenvalue weighted by molar-refractivity contribution is -0.123. The fourth-order valence-electron chi connectivity index (χ4n) is 1.73. The molecule has 0 saturated carbocycles. The van der Waals surface area contributed by atoms with E-state index in [1.54, 1.807) is 37.9 Å². The zero-order valence-electron chi connectivity index (χ0n) is 11.2. The van der Waals surface area contributed by atoms with Crippen LogP contribution in [0.2, 0.25) is 10.0 Å². The summed E-state index contributed by atoms with van der Waals surface area (Å²) < 4.78 is 0. The Labute approximate surface area is 128 Å². The highest BCUT2D eigenvalue weighted by Crippen LogP contribution is 2.35. The van der Waals surface area contributed by atoms with Crippen molar-refractivity contribution < 1.29 is 4.79 Å². The topological polar surface area (TPSA) is 55.1 Å². The summed E-state index contributed by atoms with van der Waals surface area (Å²) in [5, 5.41) is 4.44. The molecule has 0 spiro atoms. The maximum Gasteiger partial charge on any atom is 0.237 e. The van der Waals surface area contributed by atoms with E-state index in [1.807, 2.05) is 13.0 Å². The fraction of sp³-hybridized carbons (Fsp3) is 0.462. The van der Waals surface area contributed by atoms with E-state index in [1.165, 1.54) is 0 Å². The Kier molecular flexibility index (Phi) is 5.99. The number of rotatable bonds is 6. The average molecular weight is 321 g/mol. The van der Waals surface area contributed by atoms with Crippen LogP contribution in [0.15, 0.2) is 23.1 Å². The maximum absolute atomic E-state index is 11.5. The van der Waals surface area contributed by atoms with Crippen LogP contribution in [-0.4, -0.2) is 23.7 Å². The Balaban J connectivity index is 2.77. The number of thioether (sulfide) groups is 1. The van der Waals surface area contributed by atoms with Crippen LogP contribution >= 0.6 is 35.0 Å². The van der Waals surface area contributed by atoms with Gasteiger partial charge in [0.1, 0.15) is 0 Å². The monoisotopic (exact) mass is 320 g/mol. The predicted molar refractivity (Wildman–Crippen MR) is 83.1 cm³/mol. The number of likely N-dealkylation sites (N-methyl/N-ethyl adjacent to an activating group) is 1. The number of benzene rings is 1. The van der Waals surface area contributed by atoms with Crippen LogP contribution in [0.25, 0.3) is 0 Å². The van der Waals surface area contributed by atoms with Gasteiger partial charge < -0.3 is 11.1 Å². The first-order valence-corrected chi connectivity index (χ1v) is 7.52. The highest BCUT2D eigenvalue weighted by Gasteiger charge is 2.31. The highest BCUT2D eigenvalue weighted by atomic mass is 35.5. The van der Waals surface area contributed by atoms with Crippen molar-refractivity contribution in [1.82, 2.24) is 5.32 Å². The first kappa shape index (κ1) is 16.6. The van der Waals surface area contributed by atoms with E-state index in [0.717, 1.165) is 4.90 Å². The van der Waals surface area contributed by atoms with Crippen molar-refractivity contribution in [2.45, 2.75) is 36.0 Å². The van der Waals surface area contributed by atoms with E-state index in [4.69, 9.17) is 28.9 Å². The predicted octanol–water partition coefficient (Wildman–Crippen LogP) is 3.33. The normalized spacial score (nSPS) is 15.8. The van der Waals surface area contributed by atoms with E-state index in [-0.39, 0.29) is 11.2 Å². The molecule has 6 heteroatoms. The van der Waals surface area contributed by atoms with Crippen LogP contribution in [0.4, 0.5) is 0 Å². The summed E-state index contributed by atoms with van der Waals surface area (Å²) in [4.78, 5) is 12.4. The molecule has 3 nitrogen and oxygen atoms in total.